The molecule has 0 aliphatic carbocycles. The summed E-state index contributed by atoms with van der Waals surface area (Å²) in [5.74, 6) is -0.893. The number of halogens is 4. The summed E-state index contributed by atoms with van der Waals surface area (Å²) in [6.07, 6.45) is -4.64. The average Bonchev–Trinajstić information content (AvgIpc) is 2.83. The fourth-order valence-corrected chi connectivity index (χ4v) is 1.81. The minimum Gasteiger partial charge on any atom is -0.464 e. The first-order chi connectivity index (χ1) is 9.32. The third kappa shape index (κ3) is 2.84. The van der Waals surface area contributed by atoms with E-state index in [0.717, 1.165) is 16.3 Å². The SMILES string of the molecule is COC(=O)c1cc(C(F)(F)F)nn1-c1ccc(Br)cc1. The number of carbonyl (C=O) groups excluding carboxylic acids is 1. The van der Waals surface area contributed by atoms with Gasteiger partial charge in [-0.1, -0.05) is 15.9 Å². The number of rotatable bonds is 2. The Morgan fingerprint density at radius 1 is 1.30 bits per heavy atom. The van der Waals surface area contributed by atoms with Gasteiger partial charge in [0.1, 0.15) is 0 Å². The standard InChI is InChI=1S/C12H8BrF3N2O2/c1-20-11(19)9-6-10(12(14,15)16)17-18(9)8-4-2-7(13)3-5-8/h2-6H,1H3. The first-order valence-electron chi connectivity index (χ1n) is 5.34. The number of carbonyl (C=O) groups is 1. The van der Waals surface area contributed by atoms with Gasteiger partial charge < -0.3 is 4.74 Å². The largest absolute Gasteiger partial charge is 0.464 e. The van der Waals surface area contributed by atoms with Gasteiger partial charge in [0.15, 0.2) is 11.4 Å². The lowest BCUT2D eigenvalue weighted by Gasteiger charge is -2.06. The van der Waals surface area contributed by atoms with E-state index in [4.69, 9.17) is 0 Å². The molecule has 4 nitrogen and oxygen atoms in total. The van der Waals surface area contributed by atoms with E-state index in [1.54, 1.807) is 12.1 Å². The highest BCUT2D eigenvalue weighted by Gasteiger charge is 2.36. The third-order valence-corrected chi connectivity index (χ3v) is 2.99. The molecule has 1 heterocycles. The van der Waals surface area contributed by atoms with Gasteiger partial charge in [0.25, 0.3) is 0 Å². The smallest absolute Gasteiger partial charge is 0.435 e. The van der Waals surface area contributed by atoms with Crippen molar-refractivity contribution in [3.05, 3.63) is 46.2 Å². The number of aromatic nitrogens is 2. The molecule has 0 spiro atoms. The minimum atomic E-state index is -4.64. The van der Waals surface area contributed by atoms with E-state index in [1.165, 1.54) is 12.1 Å². The molecule has 1 aromatic heterocycles. The Morgan fingerprint density at radius 3 is 2.40 bits per heavy atom. The van der Waals surface area contributed by atoms with E-state index in [0.29, 0.717) is 11.8 Å². The lowest BCUT2D eigenvalue weighted by molar-refractivity contribution is -0.141. The predicted molar refractivity (Wildman–Crippen MR) is 67.6 cm³/mol. The van der Waals surface area contributed by atoms with E-state index in [2.05, 4.69) is 25.8 Å². The monoisotopic (exact) mass is 348 g/mol. The first kappa shape index (κ1) is 14.6. The van der Waals surface area contributed by atoms with Crippen molar-refractivity contribution >= 4 is 21.9 Å². The van der Waals surface area contributed by atoms with Crippen LogP contribution in [0.25, 0.3) is 5.69 Å². The van der Waals surface area contributed by atoms with Crippen LogP contribution in [0.2, 0.25) is 0 Å². The minimum absolute atomic E-state index is 0.290. The van der Waals surface area contributed by atoms with E-state index < -0.39 is 17.8 Å². The van der Waals surface area contributed by atoms with Crippen LogP contribution >= 0.6 is 15.9 Å². The van der Waals surface area contributed by atoms with Crippen molar-refractivity contribution in [2.45, 2.75) is 6.18 Å². The average molecular weight is 349 g/mol. The van der Waals surface area contributed by atoms with Crippen molar-refractivity contribution in [1.82, 2.24) is 9.78 Å². The molecule has 0 fully saturated rings. The van der Waals surface area contributed by atoms with Gasteiger partial charge in [0.05, 0.1) is 12.8 Å². The van der Waals surface area contributed by atoms with Crippen LogP contribution in [0.15, 0.2) is 34.8 Å². The number of benzene rings is 1. The van der Waals surface area contributed by atoms with Crippen LogP contribution in [-0.2, 0) is 10.9 Å². The molecule has 0 saturated heterocycles. The zero-order chi connectivity index (χ0) is 14.9. The highest BCUT2D eigenvalue weighted by Crippen LogP contribution is 2.30. The molecular formula is C12H8BrF3N2O2. The van der Waals surface area contributed by atoms with Crippen LogP contribution in [0.5, 0.6) is 0 Å². The Morgan fingerprint density at radius 2 is 1.90 bits per heavy atom. The number of hydrogen-bond donors (Lipinski definition) is 0. The number of esters is 1. The Labute approximate surface area is 120 Å². The van der Waals surface area contributed by atoms with Crippen LogP contribution in [0.3, 0.4) is 0 Å². The number of nitrogens with zero attached hydrogens (tertiary/aromatic N) is 2. The van der Waals surface area contributed by atoms with Gasteiger partial charge in [-0.25, -0.2) is 9.48 Å². The van der Waals surface area contributed by atoms with E-state index in [9.17, 15) is 18.0 Å². The van der Waals surface area contributed by atoms with Crippen molar-refractivity contribution in [2.75, 3.05) is 7.11 Å². The molecule has 20 heavy (non-hydrogen) atoms. The summed E-state index contributed by atoms with van der Waals surface area (Å²) in [5, 5.41) is 3.43. The van der Waals surface area contributed by atoms with Gasteiger partial charge in [0, 0.05) is 10.5 Å². The Bertz CT molecular complexity index is 635. The fourth-order valence-electron chi connectivity index (χ4n) is 1.55. The summed E-state index contributed by atoms with van der Waals surface area (Å²) in [7, 11) is 1.09. The van der Waals surface area contributed by atoms with Crippen molar-refractivity contribution in [3.8, 4) is 5.69 Å². The molecule has 2 rings (SSSR count). The van der Waals surface area contributed by atoms with Crippen LogP contribution in [0, 0.1) is 0 Å². The normalized spacial score (nSPS) is 11.4. The second kappa shape index (κ2) is 5.28. The fraction of sp³-hybridized carbons (Fsp3) is 0.167. The maximum Gasteiger partial charge on any atom is 0.435 e. The van der Waals surface area contributed by atoms with Gasteiger partial charge >= 0.3 is 12.1 Å². The van der Waals surface area contributed by atoms with Gasteiger partial charge in [-0.2, -0.15) is 18.3 Å². The molecule has 0 atom stereocenters. The summed E-state index contributed by atoms with van der Waals surface area (Å²) < 4.78 is 44.2. The van der Waals surface area contributed by atoms with E-state index in [1.807, 2.05) is 0 Å². The molecule has 8 heteroatoms. The quantitative estimate of drug-likeness (QED) is 0.781. The Balaban J connectivity index is 2.58. The van der Waals surface area contributed by atoms with E-state index in [-0.39, 0.29) is 5.69 Å². The molecule has 0 unspecified atom stereocenters. The van der Waals surface area contributed by atoms with Crippen molar-refractivity contribution < 1.29 is 22.7 Å². The molecule has 1 aromatic carbocycles. The molecule has 0 aliphatic heterocycles. The zero-order valence-electron chi connectivity index (χ0n) is 10.1. The van der Waals surface area contributed by atoms with Crippen LogP contribution in [0.1, 0.15) is 16.2 Å². The molecular weight excluding hydrogens is 341 g/mol. The molecule has 0 aliphatic rings. The molecule has 106 valence electrons. The summed E-state index contributed by atoms with van der Waals surface area (Å²) >= 11 is 3.21. The van der Waals surface area contributed by atoms with Gasteiger partial charge in [-0.3, -0.25) is 0 Å². The highest BCUT2D eigenvalue weighted by molar-refractivity contribution is 9.10. The van der Waals surface area contributed by atoms with Gasteiger partial charge in [-0.15, -0.1) is 0 Å². The van der Waals surface area contributed by atoms with Crippen LogP contribution < -0.4 is 0 Å². The second-order valence-electron chi connectivity index (χ2n) is 3.79. The second-order valence-corrected chi connectivity index (χ2v) is 4.71. The molecule has 0 bridgehead atoms. The van der Waals surface area contributed by atoms with Crippen LogP contribution in [0.4, 0.5) is 13.2 Å². The molecule has 0 saturated carbocycles. The number of ether oxygens (including phenoxy) is 1. The van der Waals surface area contributed by atoms with Gasteiger partial charge in [0.2, 0.25) is 0 Å². The van der Waals surface area contributed by atoms with Crippen LogP contribution in [-0.4, -0.2) is 22.9 Å². The number of hydrogen-bond acceptors (Lipinski definition) is 3. The highest BCUT2D eigenvalue weighted by atomic mass is 79.9. The van der Waals surface area contributed by atoms with Crippen molar-refractivity contribution in [2.24, 2.45) is 0 Å². The lowest BCUT2D eigenvalue weighted by atomic mass is 10.3. The Hall–Kier alpha value is -1.83. The van der Waals surface area contributed by atoms with Gasteiger partial charge in [-0.05, 0) is 24.3 Å². The third-order valence-electron chi connectivity index (χ3n) is 2.47. The molecule has 0 N–H and O–H groups in total. The number of methoxy groups -OCH3 is 1. The first-order valence-corrected chi connectivity index (χ1v) is 6.13. The summed E-state index contributed by atoms with van der Waals surface area (Å²) in [6.45, 7) is 0. The predicted octanol–water partition coefficient (Wildman–Crippen LogP) is 3.44. The molecule has 2 aromatic rings. The maximum atomic E-state index is 12.7. The van der Waals surface area contributed by atoms with E-state index >= 15 is 0 Å². The van der Waals surface area contributed by atoms with Crippen molar-refractivity contribution in [3.63, 3.8) is 0 Å². The number of alkyl halides is 3. The maximum absolute atomic E-state index is 12.7. The van der Waals surface area contributed by atoms with Crippen molar-refractivity contribution in [1.29, 1.82) is 0 Å². The summed E-state index contributed by atoms with van der Waals surface area (Å²) in [5.41, 5.74) is -1.12. The lowest BCUT2D eigenvalue weighted by Crippen LogP contribution is -2.10. The molecule has 0 amide bonds. The topological polar surface area (TPSA) is 44.1 Å². The summed E-state index contributed by atoms with van der Waals surface area (Å²) in [6, 6.07) is 6.98. The molecule has 0 radical (unpaired) electrons. The summed E-state index contributed by atoms with van der Waals surface area (Å²) in [4.78, 5) is 11.6. The Kier molecular flexibility index (Phi) is 3.85. The zero-order valence-corrected chi connectivity index (χ0v) is 11.7.